The van der Waals surface area contributed by atoms with Gasteiger partial charge in [0.1, 0.15) is 0 Å². The lowest BCUT2D eigenvalue weighted by Crippen LogP contribution is -2.48. The molecule has 2 heterocycles. The zero-order valence-electron chi connectivity index (χ0n) is 16.6. The molecule has 1 fully saturated rings. The molecule has 1 saturated heterocycles. The third-order valence-corrected chi connectivity index (χ3v) is 5.50. The zero-order valence-corrected chi connectivity index (χ0v) is 16.6. The first-order valence-corrected chi connectivity index (χ1v) is 9.78. The third kappa shape index (κ3) is 4.63. The average molecular weight is 420 g/mol. The fourth-order valence-corrected chi connectivity index (χ4v) is 3.87. The second kappa shape index (κ2) is 8.85. The van der Waals surface area contributed by atoms with Crippen LogP contribution in [-0.2, 0) is 22.1 Å². The summed E-state index contributed by atoms with van der Waals surface area (Å²) in [7, 11) is 0. The van der Waals surface area contributed by atoms with Crippen molar-refractivity contribution >= 4 is 11.9 Å². The quantitative estimate of drug-likeness (QED) is 0.683. The van der Waals surface area contributed by atoms with Crippen LogP contribution in [0.5, 0.6) is 0 Å². The van der Waals surface area contributed by atoms with Crippen LogP contribution in [0, 0.1) is 5.41 Å². The molecule has 0 aliphatic carbocycles. The minimum Gasteiger partial charge on any atom is -0.466 e. The van der Waals surface area contributed by atoms with Gasteiger partial charge in [0.25, 0.3) is 5.91 Å². The summed E-state index contributed by atoms with van der Waals surface area (Å²) in [5.74, 6) is -0.705. The number of nitrogens with zero attached hydrogens (tertiary/aromatic N) is 2. The highest BCUT2D eigenvalue weighted by Gasteiger charge is 2.45. The molecule has 0 radical (unpaired) electrons. The van der Waals surface area contributed by atoms with Crippen molar-refractivity contribution in [3.8, 4) is 0 Å². The van der Waals surface area contributed by atoms with Crippen molar-refractivity contribution in [3.05, 3.63) is 65.5 Å². The van der Waals surface area contributed by atoms with E-state index in [4.69, 9.17) is 4.74 Å². The van der Waals surface area contributed by atoms with Crippen LogP contribution < -0.4 is 0 Å². The van der Waals surface area contributed by atoms with E-state index in [0.717, 1.165) is 6.07 Å². The van der Waals surface area contributed by atoms with Crippen molar-refractivity contribution in [2.24, 2.45) is 5.41 Å². The summed E-state index contributed by atoms with van der Waals surface area (Å²) < 4.78 is 45.6. The fraction of sp³-hybridized carbons (Fsp3) is 0.409. The van der Waals surface area contributed by atoms with Gasteiger partial charge in [0.15, 0.2) is 0 Å². The van der Waals surface area contributed by atoms with Gasteiger partial charge >= 0.3 is 12.1 Å². The molecule has 1 aromatic carbocycles. The van der Waals surface area contributed by atoms with E-state index in [-0.39, 0.29) is 50.4 Å². The second-order valence-corrected chi connectivity index (χ2v) is 7.36. The average Bonchev–Trinajstić information content (AvgIpc) is 2.74. The van der Waals surface area contributed by atoms with Crippen molar-refractivity contribution < 1.29 is 27.5 Å². The van der Waals surface area contributed by atoms with Gasteiger partial charge in [-0.25, -0.2) is 0 Å². The highest BCUT2D eigenvalue weighted by atomic mass is 19.4. The number of carbonyl (C=O) groups excluding carboxylic acids is 2. The number of halogens is 3. The SMILES string of the molecule is CCOC(=O)C1(Cc2ccccc2C(F)(F)F)CCN(C(=O)c2ccncc2)CC1. The van der Waals surface area contributed by atoms with E-state index in [1.165, 1.54) is 30.6 Å². The molecule has 0 spiro atoms. The van der Waals surface area contributed by atoms with Crippen molar-refractivity contribution in [1.82, 2.24) is 9.88 Å². The number of amides is 1. The third-order valence-electron chi connectivity index (χ3n) is 5.50. The maximum atomic E-state index is 13.5. The molecule has 0 saturated carbocycles. The molecule has 2 aromatic rings. The summed E-state index contributed by atoms with van der Waals surface area (Å²) in [5, 5.41) is 0. The number of carbonyl (C=O) groups is 2. The number of ether oxygens (including phenoxy) is 1. The van der Waals surface area contributed by atoms with E-state index in [2.05, 4.69) is 4.98 Å². The molecule has 3 rings (SSSR count). The number of piperidine rings is 1. The van der Waals surface area contributed by atoms with Crippen molar-refractivity contribution in [1.29, 1.82) is 0 Å². The Morgan fingerprint density at radius 2 is 1.73 bits per heavy atom. The second-order valence-electron chi connectivity index (χ2n) is 7.36. The molecule has 0 bridgehead atoms. The van der Waals surface area contributed by atoms with Crippen LogP contribution in [0.15, 0.2) is 48.8 Å². The van der Waals surface area contributed by atoms with E-state index in [9.17, 15) is 22.8 Å². The Kier molecular flexibility index (Phi) is 6.43. The summed E-state index contributed by atoms with van der Waals surface area (Å²) in [6.45, 7) is 2.32. The Hall–Kier alpha value is -2.90. The molecule has 5 nitrogen and oxygen atoms in total. The number of rotatable bonds is 5. The summed E-state index contributed by atoms with van der Waals surface area (Å²) in [6.07, 6.45) is -1.09. The highest BCUT2D eigenvalue weighted by Crippen LogP contribution is 2.40. The predicted octanol–water partition coefficient (Wildman–Crippen LogP) is 4.13. The van der Waals surface area contributed by atoms with Crippen LogP contribution in [-0.4, -0.2) is 41.5 Å². The van der Waals surface area contributed by atoms with Crippen LogP contribution in [0.3, 0.4) is 0 Å². The topological polar surface area (TPSA) is 59.5 Å². The van der Waals surface area contributed by atoms with Crippen LogP contribution in [0.2, 0.25) is 0 Å². The number of likely N-dealkylation sites (tertiary alicyclic amines) is 1. The van der Waals surface area contributed by atoms with Crippen molar-refractivity contribution in [2.45, 2.75) is 32.4 Å². The number of pyridine rings is 1. The van der Waals surface area contributed by atoms with E-state index in [1.807, 2.05) is 0 Å². The molecular formula is C22H23F3N2O3. The Labute approximate surface area is 172 Å². The monoisotopic (exact) mass is 420 g/mol. The Morgan fingerprint density at radius 3 is 2.33 bits per heavy atom. The Bertz CT molecular complexity index is 892. The number of aromatic nitrogens is 1. The molecule has 0 atom stereocenters. The lowest BCUT2D eigenvalue weighted by molar-refractivity contribution is -0.159. The van der Waals surface area contributed by atoms with Gasteiger partial charge in [-0.2, -0.15) is 13.2 Å². The van der Waals surface area contributed by atoms with Gasteiger partial charge < -0.3 is 9.64 Å². The normalized spacial score (nSPS) is 16.2. The van der Waals surface area contributed by atoms with E-state index in [0.29, 0.717) is 5.56 Å². The summed E-state index contributed by atoms with van der Waals surface area (Å²) >= 11 is 0. The van der Waals surface area contributed by atoms with Crippen LogP contribution in [0.25, 0.3) is 0 Å². The summed E-state index contributed by atoms with van der Waals surface area (Å²) in [6, 6.07) is 8.50. The number of alkyl halides is 3. The lowest BCUT2D eigenvalue weighted by Gasteiger charge is -2.40. The first kappa shape index (κ1) is 21.8. The van der Waals surface area contributed by atoms with Gasteiger partial charge in [0, 0.05) is 31.0 Å². The van der Waals surface area contributed by atoms with Gasteiger partial charge in [-0.15, -0.1) is 0 Å². The van der Waals surface area contributed by atoms with Gasteiger partial charge in [0.05, 0.1) is 17.6 Å². The van der Waals surface area contributed by atoms with Crippen molar-refractivity contribution in [2.75, 3.05) is 19.7 Å². The molecular weight excluding hydrogens is 397 g/mol. The molecule has 1 aliphatic heterocycles. The smallest absolute Gasteiger partial charge is 0.416 e. The number of hydrogen-bond acceptors (Lipinski definition) is 4. The van der Waals surface area contributed by atoms with E-state index >= 15 is 0 Å². The molecule has 1 aromatic heterocycles. The molecule has 1 aliphatic rings. The first-order valence-electron chi connectivity index (χ1n) is 9.78. The van der Waals surface area contributed by atoms with Crippen LogP contribution in [0.4, 0.5) is 13.2 Å². The zero-order chi connectivity index (χ0) is 21.8. The Balaban J connectivity index is 1.84. The highest BCUT2D eigenvalue weighted by molar-refractivity contribution is 5.94. The van der Waals surface area contributed by atoms with Gasteiger partial charge in [-0.05, 0) is 49.9 Å². The van der Waals surface area contributed by atoms with Gasteiger partial charge in [-0.1, -0.05) is 18.2 Å². The predicted molar refractivity (Wildman–Crippen MR) is 104 cm³/mol. The molecule has 0 unspecified atom stereocenters. The molecule has 30 heavy (non-hydrogen) atoms. The maximum Gasteiger partial charge on any atom is 0.416 e. The number of benzene rings is 1. The van der Waals surface area contributed by atoms with E-state index < -0.39 is 23.1 Å². The van der Waals surface area contributed by atoms with Gasteiger partial charge in [0.2, 0.25) is 0 Å². The number of hydrogen-bond donors (Lipinski definition) is 0. The van der Waals surface area contributed by atoms with Gasteiger partial charge in [-0.3, -0.25) is 14.6 Å². The number of esters is 1. The lowest BCUT2D eigenvalue weighted by atomic mass is 9.73. The fourth-order valence-electron chi connectivity index (χ4n) is 3.87. The standard InChI is InChI=1S/C22H23F3N2O3/c1-2-30-20(29)21(15-17-5-3-4-6-18(17)22(23,24)25)9-13-27(14-10-21)19(28)16-7-11-26-12-8-16/h3-8,11-12H,2,9-10,13-15H2,1H3. The molecule has 0 N–H and O–H groups in total. The largest absolute Gasteiger partial charge is 0.466 e. The summed E-state index contributed by atoms with van der Waals surface area (Å²) in [5.41, 5.74) is -1.31. The first-order chi connectivity index (χ1) is 14.3. The van der Waals surface area contributed by atoms with E-state index in [1.54, 1.807) is 24.0 Å². The summed E-state index contributed by atoms with van der Waals surface area (Å²) in [4.78, 5) is 31.0. The molecule has 1 amide bonds. The maximum absolute atomic E-state index is 13.5. The minimum atomic E-state index is -4.51. The van der Waals surface area contributed by atoms with Crippen LogP contribution >= 0.6 is 0 Å². The van der Waals surface area contributed by atoms with Crippen molar-refractivity contribution in [3.63, 3.8) is 0 Å². The molecule has 160 valence electrons. The Morgan fingerprint density at radius 1 is 1.10 bits per heavy atom. The minimum absolute atomic E-state index is 0.0620. The molecule has 8 heteroatoms. The van der Waals surface area contributed by atoms with Crippen LogP contribution in [0.1, 0.15) is 41.3 Å².